The van der Waals surface area contributed by atoms with E-state index in [4.69, 9.17) is 4.74 Å². The molecule has 0 heterocycles. The minimum Gasteiger partial charge on any atom is -0.465 e. The summed E-state index contributed by atoms with van der Waals surface area (Å²) < 4.78 is 4.86. The highest BCUT2D eigenvalue weighted by Gasteiger charge is 2.01. The zero-order valence-corrected chi connectivity index (χ0v) is 11.4. The zero-order valence-electron chi connectivity index (χ0n) is 11.4. The topological polar surface area (TPSA) is 38.3 Å². The molecule has 3 heteroatoms. The molecule has 0 bridgehead atoms. The molecule has 3 nitrogen and oxygen atoms in total. The number of ether oxygens (including phenoxy) is 1. The molecule has 100 valence electrons. The van der Waals surface area contributed by atoms with Crippen molar-refractivity contribution in [1.29, 1.82) is 0 Å². The number of hydrogen-bond donors (Lipinski definition) is 1. The Morgan fingerprint density at radius 3 is 2.68 bits per heavy atom. The van der Waals surface area contributed by atoms with Gasteiger partial charge in [-0.15, -0.1) is 0 Å². The van der Waals surface area contributed by atoms with Gasteiger partial charge in [0.2, 0.25) is 0 Å². The number of carbonyl (C=O) groups is 1. The molecule has 0 atom stereocenters. The number of fused-ring (bicyclic) bond motifs is 1. The summed E-state index contributed by atoms with van der Waals surface area (Å²) in [4.78, 5) is 11.2. The number of aryl methyl sites for hydroxylation is 1. The van der Waals surface area contributed by atoms with E-state index >= 15 is 0 Å². The molecule has 19 heavy (non-hydrogen) atoms. The number of benzene rings is 2. The van der Waals surface area contributed by atoms with Crippen LogP contribution in [0, 0.1) is 6.92 Å². The Morgan fingerprint density at radius 1 is 1.16 bits per heavy atom. The van der Waals surface area contributed by atoms with Gasteiger partial charge in [-0.1, -0.05) is 35.9 Å². The Bertz CT molecular complexity index is 578. The standard InChI is InChI=1S/C16H19NO2/c1-3-19-16(18)11-17-10-13-5-7-14-8-12(2)4-6-15(14)9-13/h4-9,17H,3,10-11H2,1-2H3. The average molecular weight is 257 g/mol. The van der Waals surface area contributed by atoms with E-state index in [1.54, 1.807) is 0 Å². The third-order valence-corrected chi connectivity index (χ3v) is 2.96. The summed E-state index contributed by atoms with van der Waals surface area (Å²) in [5.41, 5.74) is 2.43. The summed E-state index contributed by atoms with van der Waals surface area (Å²) >= 11 is 0. The zero-order chi connectivity index (χ0) is 13.7. The van der Waals surface area contributed by atoms with Gasteiger partial charge in [-0.25, -0.2) is 0 Å². The van der Waals surface area contributed by atoms with E-state index < -0.39 is 0 Å². The molecular weight excluding hydrogens is 238 g/mol. The first-order valence-corrected chi connectivity index (χ1v) is 6.54. The maximum absolute atomic E-state index is 11.2. The van der Waals surface area contributed by atoms with Crippen molar-refractivity contribution in [3.63, 3.8) is 0 Å². The summed E-state index contributed by atoms with van der Waals surface area (Å²) in [7, 11) is 0. The molecule has 0 radical (unpaired) electrons. The summed E-state index contributed by atoms with van der Waals surface area (Å²) in [5, 5.41) is 5.56. The maximum atomic E-state index is 11.2. The second kappa shape index (κ2) is 6.34. The van der Waals surface area contributed by atoms with Gasteiger partial charge in [0.15, 0.2) is 0 Å². The van der Waals surface area contributed by atoms with E-state index in [2.05, 4.69) is 48.6 Å². The monoisotopic (exact) mass is 257 g/mol. The van der Waals surface area contributed by atoms with Gasteiger partial charge in [-0.3, -0.25) is 4.79 Å². The number of esters is 1. The van der Waals surface area contributed by atoms with Crippen LogP contribution in [0.15, 0.2) is 36.4 Å². The highest BCUT2D eigenvalue weighted by atomic mass is 16.5. The molecule has 2 aromatic carbocycles. The molecule has 0 unspecified atom stereocenters. The molecule has 0 aliphatic heterocycles. The van der Waals surface area contributed by atoms with E-state index in [0.29, 0.717) is 13.2 Å². The van der Waals surface area contributed by atoms with Crippen molar-refractivity contribution in [2.24, 2.45) is 0 Å². The third-order valence-electron chi connectivity index (χ3n) is 2.96. The summed E-state index contributed by atoms with van der Waals surface area (Å²) in [6.45, 7) is 5.25. The first kappa shape index (κ1) is 13.6. The lowest BCUT2D eigenvalue weighted by atomic mass is 10.0. The van der Waals surface area contributed by atoms with Crippen molar-refractivity contribution in [3.05, 3.63) is 47.5 Å². The molecule has 0 spiro atoms. The van der Waals surface area contributed by atoms with E-state index in [0.717, 1.165) is 0 Å². The predicted octanol–water partition coefficient (Wildman–Crippen LogP) is 2.80. The fraction of sp³-hybridized carbons (Fsp3) is 0.312. The SMILES string of the molecule is CCOC(=O)CNCc1ccc2cc(C)ccc2c1. The van der Waals surface area contributed by atoms with Crippen LogP contribution in [0.4, 0.5) is 0 Å². The Kier molecular flexibility index (Phi) is 4.53. The van der Waals surface area contributed by atoms with Gasteiger partial charge in [0.25, 0.3) is 0 Å². The fourth-order valence-corrected chi connectivity index (χ4v) is 2.05. The van der Waals surface area contributed by atoms with Gasteiger partial charge in [-0.05, 0) is 36.2 Å². The second-order valence-electron chi connectivity index (χ2n) is 4.59. The van der Waals surface area contributed by atoms with Gasteiger partial charge < -0.3 is 10.1 Å². The van der Waals surface area contributed by atoms with Crippen molar-refractivity contribution in [1.82, 2.24) is 5.32 Å². The van der Waals surface area contributed by atoms with E-state index in [-0.39, 0.29) is 12.5 Å². The van der Waals surface area contributed by atoms with Crippen LogP contribution in [-0.2, 0) is 16.1 Å². The number of nitrogens with one attached hydrogen (secondary N) is 1. The number of rotatable bonds is 5. The third kappa shape index (κ3) is 3.80. The van der Waals surface area contributed by atoms with Crippen LogP contribution in [0.5, 0.6) is 0 Å². The Morgan fingerprint density at radius 2 is 1.89 bits per heavy atom. The Hall–Kier alpha value is -1.87. The highest BCUT2D eigenvalue weighted by Crippen LogP contribution is 2.17. The van der Waals surface area contributed by atoms with E-state index in [1.165, 1.54) is 21.9 Å². The Labute approximate surface area is 113 Å². The van der Waals surface area contributed by atoms with Crippen molar-refractivity contribution in [3.8, 4) is 0 Å². The lowest BCUT2D eigenvalue weighted by Crippen LogP contribution is -2.24. The predicted molar refractivity (Wildman–Crippen MR) is 77.0 cm³/mol. The quantitative estimate of drug-likeness (QED) is 0.837. The van der Waals surface area contributed by atoms with Crippen LogP contribution >= 0.6 is 0 Å². The van der Waals surface area contributed by atoms with Gasteiger partial charge in [0.1, 0.15) is 0 Å². The maximum Gasteiger partial charge on any atom is 0.319 e. The largest absolute Gasteiger partial charge is 0.465 e. The van der Waals surface area contributed by atoms with Crippen LogP contribution in [0.3, 0.4) is 0 Å². The molecule has 0 aliphatic carbocycles. The van der Waals surface area contributed by atoms with Gasteiger partial charge in [-0.2, -0.15) is 0 Å². The van der Waals surface area contributed by atoms with Gasteiger partial charge in [0, 0.05) is 6.54 Å². The average Bonchev–Trinajstić information content (AvgIpc) is 2.39. The van der Waals surface area contributed by atoms with Crippen LogP contribution in [0.25, 0.3) is 10.8 Å². The summed E-state index contributed by atoms with van der Waals surface area (Å²) in [5.74, 6) is -0.209. The molecule has 0 aromatic heterocycles. The minimum atomic E-state index is -0.209. The molecule has 0 saturated heterocycles. The normalized spacial score (nSPS) is 10.6. The first-order valence-electron chi connectivity index (χ1n) is 6.54. The van der Waals surface area contributed by atoms with E-state index in [1.807, 2.05) is 6.92 Å². The number of hydrogen-bond acceptors (Lipinski definition) is 3. The van der Waals surface area contributed by atoms with Crippen LogP contribution in [0.1, 0.15) is 18.1 Å². The molecule has 0 fully saturated rings. The minimum absolute atomic E-state index is 0.209. The van der Waals surface area contributed by atoms with Crippen LogP contribution in [0.2, 0.25) is 0 Å². The van der Waals surface area contributed by atoms with E-state index in [9.17, 15) is 4.79 Å². The summed E-state index contributed by atoms with van der Waals surface area (Å²) in [6.07, 6.45) is 0. The molecule has 2 aromatic rings. The van der Waals surface area contributed by atoms with Crippen molar-refractivity contribution < 1.29 is 9.53 Å². The van der Waals surface area contributed by atoms with Crippen LogP contribution < -0.4 is 5.32 Å². The second-order valence-corrected chi connectivity index (χ2v) is 4.59. The smallest absolute Gasteiger partial charge is 0.319 e. The number of carbonyl (C=O) groups excluding carboxylic acids is 1. The first-order chi connectivity index (χ1) is 9.19. The lowest BCUT2D eigenvalue weighted by Gasteiger charge is -2.06. The fourth-order valence-electron chi connectivity index (χ4n) is 2.05. The molecule has 0 amide bonds. The van der Waals surface area contributed by atoms with Crippen LogP contribution in [-0.4, -0.2) is 19.1 Å². The molecule has 1 N–H and O–H groups in total. The van der Waals surface area contributed by atoms with Crippen molar-refractivity contribution in [2.75, 3.05) is 13.2 Å². The molecular formula is C16H19NO2. The highest BCUT2D eigenvalue weighted by molar-refractivity contribution is 5.83. The lowest BCUT2D eigenvalue weighted by molar-refractivity contribution is -0.142. The molecule has 2 rings (SSSR count). The van der Waals surface area contributed by atoms with Gasteiger partial charge in [0.05, 0.1) is 13.2 Å². The van der Waals surface area contributed by atoms with Gasteiger partial charge >= 0.3 is 5.97 Å². The Balaban J connectivity index is 1.98. The van der Waals surface area contributed by atoms with Crippen molar-refractivity contribution in [2.45, 2.75) is 20.4 Å². The molecule has 0 aliphatic rings. The summed E-state index contributed by atoms with van der Waals surface area (Å²) in [6, 6.07) is 12.7. The molecule has 0 saturated carbocycles. The van der Waals surface area contributed by atoms with Crippen molar-refractivity contribution >= 4 is 16.7 Å².